The Morgan fingerprint density at radius 3 is 2.81 bits per heavy atom. The molecule has 1 aromatic heterocycles. The van der Waals surface area contributed by atoms with Crippen molar-refractivity contribution >= 4 is 34.5 Å². The molecule has 0 fully saturated rings. The summed E-state index contributed by atoms with van der Waals surface area (Å²) < 4.78 is 0. The fraction of sp³-hybridized carbons (Fsp3) is 0.182. The highest BCUT2D eigenvalue weighted by atomic mass is 35.5. The molecule has 1 N–H and O–H groups in total. The molecule has 0 amide bonds. The molecule has 2 rings (SSSR count). The molecule has 1 atom stereocenters. The Morgan fingerprint density at radius 1 is 1.38 bits per heavy atom. The minimum atomic E-state index is 0.0405. The van der Waals surface area contributed by atoms with E-state index in [0.29, 0.717) is 10.0 Å². The van der Waals surface area contributed by atoms with Crippen LogP contribution in [0, 0.1) is 0 Å². The lowest BCUT2D eigenvalue weighted by Crippen LogP contribution is -2.16. The van der Waals surface area contributed by atoms with E-state index in [4.69, 9.17) is 23.2 Å². The van der Waals surface area contributed by atoms with E-state index in [-0.39, 0.29) is 6.04 Å². The third-order valence-electron chi connectivity index (χ3n) is 2.29. The largest absolute Gasteiger partial charge is 0.309 e. The molecule has 2 nitrogen and oxygen atoms in total. The van der Waals surface area contributed by atoms with Crippen LogP contribution < -0.4 is 5.32 Å². The summed E-state index contributed by atoms with van der Waals surface area (Å²) in [5.74, 6) is 0. The number of hydrogen-bond donors (Lipinski definition) is 1. The van der Waals surface area contributed by atoms with Gasteiger partial charge in [0, 0.05) is 21.1 Å². The number of nitrogens with one attached hydrogen (secondary N) is 1. The molecule has 1 aromatic carbocycles. The summed E-state index contributed by atoms with van der Waals surface area (Å²) in [4.78, 5) is 5.19. The summed E-state index contributed by atoms with van der Waals surface area (Å²) in [5, 5.41) is 4.61. The van der Waals surface area contributed by atoms with Gasteiger partial charge in [-0.1, -0.05) is 23.2 Å². The van der Waals surface area contributed by atoms with Gasteiger partial charge in [0.2, 0.25) is 0 Å². The molecule has 0 spiro atoms. The summed E-state index contributed by atoms with van der Waals surface area (Å²) in [6, 6.07) is 5.51. The monoisotopic (exact) mass is 272 g/mol. The van der Waals surface area contributed by atoms with Gasteiger partial charge in [-0.25, -0.2) is 0 Å². The third kappa shape index (κ3) is 2.38. The van der Waals surface area contributed by atoms with Crippen LogP contribution in [0.5, 0.6) is 0 Å². The van der Waals surface area contributed by atoms with Gasteiger partial charge in [-0.05, 0) is 30.8 Å². The second-order valence-corrected chi connectivity index (χ2v) is 5.05. The summed E-state index contributed by atoms with van der Waals surface area (Å²) in [6.07, 6.45) is 1.84. The molecule has 84 valence electrons. The zero-order valence-electron chi connectivity index (χ0n) is 8.58. The normalized spacial score (nSPS) is 12.7. The number of nitrogens with zero attached hydrogens (tertiary/aromatic N) is 1. The van der Waals surface area contributed by atoms with Crippen molar-refractivity contribution in [1.82, 2.24) is 10.3 Å². The summed E-state index contributed by atoms with van der Waals surface area (Å²) in [7, 11) is 1.89. The van der Waals surface area contributed by atoms with Gasteiger partial charge in [0.1, 0.15) is 0 Å². The van der Waals surface area contributed by atoms with Crippen molar-refractivity contribution in [3.8, 4) is 0 Å². The molecule has 1 unspecified atom stereocenters. The predicted octanol–water partition coefficient (Wildman–Crippen LogP) is 3.76. The maximum absolute atomic E-state index is 6.17. The number of rotatable bonds is 3. The highest BCUT2D eigenvalue weighted by Crippen LogP contribution is 2.31. The first-order valence-electron chi connectivity index (χ1n) is 4.73. The van der Waals surface area contributed by atoms with Crippen LogP contribution in [0.3, 0.4) is 0 Å². The lowest BCUT2D eigenvalue weighted by molar-refractivity contribution is 0.702. The van der Waals surface area contributed by atoms with Crippen molar-refractivity contribution in [2.24, 2.45) is 0 Å². The van der Waals surface area contributed by atoms with Crippen LogP contribution in [0.4, 0.5) is 0 Å². The highest BCUT2D eigenvalue weighted by Gasteiger charge is 2.16. The van der Waals surface area contributed by atoms with Crippen molar-refractivity contribution in [3.63, 3.8) is 0 Å². The first-order valence-corrected chi connectivity index (χ1v) is 6.36. The average molecular weight is 273 g/mol. The number of hydrogen-bond acceptors (Lipinski definition) is 3. The Balaban J connectivity index is 2.44. The Hall–Kier alpha value is -0.610. The van der Waals surface area contributed by atoms with E-state index in [9.17, 15) is 0 Å². The molecule has 0 saturated heterocycles. The first-order chi connectivity index (χ1) is 7.72. The minimum absolute atomic E-state index is 0.0405. The zero-order chi connectivity index (χ0) is 11.5. The van der Waals surface area contributed by atoms with Crippen LogP contribution in [-0.2, 0) is 0 Å². The Bertz CT molecular complexity index is 471. The first kappa shape index (κ1) is 11.9. The lowest BCUT2D eigenvalue weighted by atomic mass is 10.1. The quantitative estimate of drug-likeness (QED) is 0.921. The van der Waals surface area contributed by atoms with Crippen molar-refractivity contribution < 1.29 is 0 Å². The van der Waals surface area contributed by atoms with Crippen molar-refractivity contribution in [3.05, 3.63) is 50.4 Å². The van der Waals surface area contributed by atoms with Crippen LogP contribution in [0.15, 0.2) is 29.9 Å². The molecule has 0 aliphatic heterocycles. The van der Waals surface area contributed by atoms with E-state index in [1.807, 2.05) is 25.4 Å². The minimum Gasteiger partial charge on any atom is -0.309 e. The molecule has 2 aromatic rings. The van der Waals surface area contributed by atoms with Crippen LogP contribution in [-0.4, -0.2) is 12.0 Å². The Morgan fingerprint density at radius 2 is 2.19 bits per heavy atom. The van der Waals surface area contributed by atoms with E-state index in [0.717, 1.165) is 10.4 Å². The van der Waals surface area contributed by atoms with Gasteiger partial charge in [0.05, 0.1) is 11.6 Å². The van der Waals surface area contributed by atoms with Gasteiger partial charge in [0.25, 0.3) is 0 Å². The molecular weight excluding hydrogens is 263 g/mol. The van der Waals surface area contributed by atoms with Gasteiger partial charge >= 0.3 is 0 Å². The smallest absolute Gasteiger partial charge is 0.0794 e. The van der Waals surface area contributed by atoms with Gasteiger partial charge in [-0.2, -0.15) is 0 Å². The topological polar surface area (TPSA) is 24.9 Å². The fourth-order valence-corrected chi connectivity index (χ4v) is 2.71. The molecule has 0 aliphatic carbocycles. The number of thiazole rings is 1. The second-order valence-electron chi connectivity index (χ2n) is 3.29. The van der Waals surface area contributed by atoms with Crippen molar-refractivity contribution in [1.29, 1.82) is 0 Å². The Kier molecular flexibility index (Phi) is 3.82. The third-order valence-corrected chi connectivity index (χ3v) is 3.71. The average Bonchev–Trinajstić information content (AvgIpc) is 2.78. The van der Waals surface area contributed by atoms with Crippen LogP contribution in [0.2, 0.25) is 10.0 Å². The van der Waals surface area contributed by atoms with E-state index in [2.05, 4.69) is 10.3 Å². The maximum atomic E-state index is 6.17. The SMILES string of the molecule is CNC(c1cncs1)c1cc(Cl)ccc1Cl. The van der Waals surface area contributed by atoms with Gasteiger partial charge in [-0.3, -0.25) is 4.98 Å². The standard InChI is InChI=1S/C11H10Cl2N2S/c1-14-11(10-5-15-6-16-10)8-4-7(12)2-3-9(8)13/h2-6,11,14H,1H3. The molecule has 0 saturated carbocycles. The van der Waals surface area contributed by atoms with Crippen LogP contribution in [0.25, 0.3) is 0 Å². The van der Waals surface area contributed by atoms with E-state index >= 15 is 0 Å². The Labute approximate surface area is 108 Å². The fourth-order valence-electron chi connectivity index (χ4n) is 1.56. The highest BCUT2D eigenvalue weighted by molar-refractivity contribution is 7.09. The second kappa shape index (κ2) is 5.15. The van der Waals surface area contributed by atoms with Crippen LogP contribution >= 0.6 is 34.5 Å². The van der Waals surface area contributed by atoms with Crippen molar-refractivity contribution in [2.75, 3.05) is 7.05 Å². The van der Waals surface area contributed by atoms with Gasteiger partial charge < -0.3 is 5.32 Å². The predicted molar refractivity (Wildman–Crippen MR) is 69.5 cm³/mol. The summed E-state index contributed by atoms with van der Waals surface area (Å²) in [6.45, 7) is 0. The molecule has 1 heterocycles. The molecule has 5 heteroatoms. The zero-order valence-corrected chi connectivity index (χ0v) is 10.9. The van der Waals surface area contributed by atoms with Gasteiger partial charge in [0.15, 0.2) is 0 Å². The van der Waals surface area contributed by atoms with E-state index < -0.39 is 0 Å². The van der Waals surface area contributed by atoms with Crippen LogP contribution in [0.1, 0.15) is 16.5 Å². The maximum Gasteiger partial charge on any atom is 0.0794 e. The number of benzene rings is 1. The number of aromatic nitrogens is 1. The lowest BCUT2D eigenvalue weighted by Gasteiger charge is -2.16. The summed E-state index contributed by atoms with van der Waals surface area (Å²) in [5.41, 5.74) is 2.78. The molecule has 0 aliphatic rings. The molecular formula is C11H10Cl2N2S. The van der Waals surface area contributed by atoms with E-state index in [1.54, 1.807) is 22.9 Å². The molecule has 16 heavy (non-hydrogen) atoms. The molecule has 0 radical (unpaired) electrons. The molecule has 0 bridgehead atoms. The number of halogens is 2. The van der Waals surface area contributed by atoms with Gasteiger partial charge in [-0.15, -0.1) is 11.3 Å². The van der Waals surface area contributed by atoms with Crippen molar-refractivity contribution in [2.45, 2.75) is 6.04 Å². The van der Waals surface area contributed by atoms with E-state index in [1.165, 1.54) is 0 Å². The summed E-state index contributed by atoms with van der Waals surface area (Å²) >= 11 is 13.7.